The minimum atomic E-state index is -0.515. The summed E-state index contributed by atoms with van der Waals surface area (Å²) in [5.74, 6) is 0.636. The fourth-order valence-electron chi connectivity index (χ4n) is 5.02. The first kappa shape index (κ1) is 26.4. The van der Waals surface area contributed by atoms with E-state index < -0.39 is 6.04 Å². The van der Waals surface area contributed by atoms with Crippen LogP contribution in [-0.4, -0.2) is 35.1 Å². The lowest BCUT2D eigenvalue weighted by atomic mass is 9.97. The predicted molar refractivity (Wildman–Crippen MR) is 153 cm³/mol. The van der Waals surface area contributed by atoms with Gasteiger partial charge in [0.2, 0.25) is 0 Å². The van der Waals surface area contributed by atoms with Crippen LogP contribution in [0.1, 0.15) is 66.9 Å². The molecule has 8 nitrogen and oxygen atoms in total. The molecule has 39 heavy (non-hydrogen) atoms. The summed E-state index contributed by atoms with van der Waals surface area (Å²) >= 11 is 0. The first-order valence-corrected chi connectivity index (χ1v) is 13.4. The van der Waals surface area contributed by atoms with Gasteiger partial charge in [-0.1, -0.05) is 55.5 Å². The first-order valence-electron chi connectivity index (χ1n) is 13.4. The van der Waals surface area contributed by atoms with E-state index >= 15 is 0 Å². The van der Waals surface area contributed by atoms with Crippen molar-refractivity contribution in [2.24, 2.45) is 0 Å². The van der Waals surface area contributed by atoms with Crippen LogP contribution in [0, 0.1) is 13.8 Å². The van der Waals surface area contributed by atoms with Crippen molar-refractivity contribution in [2.75, 3.05) is 0 Å². The van der Waals surface area contributed by atoms with Crippen LogP contribution in [0.3, 0.4) is 0 Å². The quantitative estimate of drug-likeness (QED) is 0.277. The summed E-state index contributed by atoms with van der Waals surface area (Å²) in [6.45, 7) is 11.6. The molecule has 0 aliphatic heterocycles. The SMILES string of the molecule is CCC(C)(C)n1nnnc1C(c1cc2c(C)ccc(C)c2[nH]c1=O)N(Cc1ccccc1)Cc1cccnc1. The molecule has 0 amide bonds. The summed E-state index contributed by atoms with van der Waals surface area (Å²) in [6.07, 6.45) is 4.46. The Morgan fingerprint density at radius 1 is 0.974 bits per heavy atom. The number of hydrogen-bond donors (Lipinski definition) is 1. The van der Waals surface area contributed by atoms with E-state index in [0.29, 0.717) is 24.5 Å². The van der Waals surface area contributed by atoms with E-state index in [-0.39, 0.29) is 11.1 Å². The molecule has 0 saturated carbocycles. The number of hydrogen-bond acceptors (Lipinski definition) is 6. The van der Waals surface area contributed by atoms with Gasteiger partial charge in [-0.2, -0.15) is 0 Å². The molecule has 2 aromatic carbocycles. The van der Waals surface area contributed by atoms with Crippen LogP contribution in [-0.2, 0) is 18.6 Å². The number of aryl methyl sites for hydroxylation is 2. The standard InChI is InChI=1S/C31H35N7O/c1-6-31(4,5)38-29(34-35-36-38)28(26-17-25-21(2)14-15-22(3)27(25)33-30(26)39)37(19-23-11-8-7-9-12-23)20-24-13-10-16-32-18-24/h7-18,28H,6,19-20H2,1-5H3,(H,33,39). The van der Waals surface area contributed by atoms with E-state index in [1.165, 1.54) is 0 Å². The molecule has 0 fully saturated rings. The molecule has 5 aromatic rings. The lowest BCUT2D eigenvalue weighted by Gasteiger charge is -2.33. The average Bonchev–Trinajstić information content (AvgIpc) is 3.43. The lowest BCUT2D eigenvalue weighted by molar-refractivity contribution is 0.180. The van der Waals surface area contributed by atoms with Gasteiger partial charge in [0.05, 0.1) is 11.1 Å². The molecule has 1 atom stereocenters. The number of nitrogens with zero attached hydrogens (tertiary/aromatic N) is 6. The number of H-pyrrole nitrogens is 1. The second-order valence-electron chi connectivity index (χ2n) is 10.8. The molecule has 0 radical (unpaired) electrons. The molecule has 8 heteroatoms. The Hall–Kier alpha value is -4.17. The van der Waals surface area contributed by atoms with Crippen molar-refractivity contribution in [3.8, 4) is 0 Å². The minimum Gasteiger partial charge on any atom is -0.321 e. The molecule has 5 rings (SSSR count). The van der Waals surface area contributed by atoms with E-state index in [4.69, 9.17) is 0 Å². The zero-order valence-electron chi connectivity index (χ0n) is 23.2. The Kier molecular flexibility index (Phi) is 7.39. The highest BCUT2D eigenvalue weighted by molar-refractivity contribution is 5.85. The van der Waals surface area contributed by atoms with E-state index in [1.807, 2.05) is 54.2 Å². The number of rotatable bonds is 9. The minimum absolute atomic E-state index is 0.144. The summed E-state index contributed by atoms with van der Waals surface area (Å²) in [7, 11) is 0. The Balaban J connectivity index is 1.77. The highest BCUT2D eigenvalue weighted by Crippen LogP contribution is 2.33. The van der Waals surface area contributed by atoms with Crippen LogP contribution < -0.4 is 5.56 Å². The maximum Gasteiger partial charge on any atom is 0.253 e. The third-order valence-corrected chi connectivity index (χ3v) is 7.65. The normalized spacial score (nSPS) is 12.8. The van der Waals surface area contributed by atoms with E-state index in [0.717, 1.165) is 39.6 Å². The number of aromatic amines is 1. The number of nitrogens with one attached hydrogen (secondary N) is 1. The van der Waals surface area contributed by atoms with E-state index in [1.54, 1.807) is 6.20 Å². The predicted octanol–water partition coefficient (Wildman–Crippen LogP) is 5.46. The molecule has 200 valence electrons. The molecule has 0 saturated heterocycles. The third-order valence-electron chi connectivity index (χ3n) is 7.65. The van der Waals surface area contributed by atoms with Crippen molar-refractivity contribution in [1.29, 1.82) is 0 Å². The van der Waals surface area contributed by atoms with Crippen LogP contribution in [0.15, 0.2) is 77.9 Å². The van der Waals surface area contributed by atoms with Gasteiger partial charge in [0, 0.05) is 36.4 Å². The number of aromatic nitrogens is 6. The fourth-order valence-corrected chi connectivity index (χ4v) is 5.02. The van der Waals surface area contributed by atoms with Crippen molar-refractivity contribution in [1.82, 2.24) is 35.1 Å². The van der Waals surface area contributed by atoms with Gasteiger partial charge in [0.25, 0.3) is 5.56 Å². The molecule has 0 aliphatic rings. The monoisotopic (exact) mass is 521 g/mol. The van der Waals surface area contributed by atoms with Crippen molar-refractivity contribution in [2.45, 2.75) is 65.7 Å². The van der Waals surface area contributed by atoms with Crippen molar-refractivity contribution < 1.29 is 0 Å². The summed E-state index contributed by atoms with van der Waals surface area (Å²) < 4.78 is 1.88. The summed E-state index contributed by atoms with van der Waals surface area (Å²) in [5.41, 5.74) is 5.28. The fraction of sp³-hybridized carbons (Fsp3) is 0.323. The molecular weight excluding hydrogens is 486 g/mol. The maximum absolute atomic E-state index is 13.9. The average molecular weight is 522 g/mol. The number of fused-ring (bicyclic) bond motifs is 1. The van der Waals surface area contributed by atoms with Gasteiger partial charge in [0.1, 0.15) is 6.04 Å². The number of tetrazole rings is 1. The van der Waals surface area contributed by atoms with Crippen molar-refractivity contribution in [3.05, 3.63) is 117 Å². The Morgan fingerprint density at radius 3 is 2.41 bits per heavy atom. The van der Waals surface area contributed by atoms with Crippen molar-refractivity contribution in [3.63, 3.8) is 0 Å². The zero-order chi connectivity index (χ0) is 27.6. The van der Waals surface area contributed by atoms with Crippen LogP contribution >= 0.6 is 0 Å². The second-order valence-corrected chi connectivity index (χ2v) is 10.8. The highest BCUT2D eigenvalue weighted by atomic mass is 16.1. The van der Waals surface area contributed by atoms with Crippen LogP contribution in [0.2, 0.25) is 0 Å². The third kappa shape index (κ3) is 5.38. The topological polar surface area (TPSA) is 92.6 Å². The van der Waals surface area contributed by atoms with Gasteiger partial charge in [0.15, 0.2) is 5.82 Å². The van der Waals surface area contributed by atoms with Crippen LogP contribution in [0.4, 0.5) is 0 Å². The number of pyridine rings is 2. The lowest BCUT2D eigenvalue weighted by Crippen LogP contribution is -2.38. The summed E-state index contributed by atoms with van der Waals surface area (Å²) in [4.78, 5) is 23.7. The van der Waals surface area contributed by atoms with Gasteiger partial charge in [-0.25, -0.2) is 4.68 Å². The van der Waals surface area contributed by atoms with E-state index in [2.05, 4.69) is 82.4 Å². The molecule has 1 unspecified atom stereocenters. The highest BCUT2D eigenvalue weighted by Gasteiger charge is 2.34. The second kappa shape index (κ2) is 10.9. The summed E-state index contributed by atoms with van der Waals surface area (Å²) in [6, 6.07) is 19.9. The molecule has 0 aliphatic carbocycles. The first-order chi connectivity index (χ1) is 18.8. The van der Waals surface area contributed by atoms with Crippen LogP contribution in [0.25, 0.3) is 10.9 Å². The van der Waals surface area contributed by atoms with Gasteiger partial charge < -0.3 is 4.98 Å². The molecule has 1 N–H and O–H groups in total. The molecular formula is C31H35N7O. The van der Waals surface area contributed by atoms with Crippen molar-refractivity contribution >= 4 is 10.9 Å². The Morgan fingerprint density at radius 2 is 1.69 bits per heavy atom. The van der Waals surface area contributed by atoms with E-state index in [9.17, 15) is 4.79 Å². The molecule has 3 heterocycles. The Bertz CT molecular complexity index is 1580. The smallest absolute Gasteiger partial charge is 0.253 e. The summed E-state index contributed by atoms with van der Waals surface area (Å²) in [5, 5.41) is 14.1. The molecule has 0 bridgehead atoms. The Labute approximate surface area is 228 Å². The largest absolute Gasteiger partial charge is 0.321 e. The van der Waals surface area contributed by atoms with Gasteiger partial charge in [-0.3, -0.25) is 14.7 Å². The number of benzene rings is 2. The van der Waals surface area contributed by atoms with Gasteiger partial charge in [-0.05, 0) is 78.9 Å². The molecule has 3 aromatic heterocycles. The maximum atomic E-state index is 13.9. The molecule has 0 spiro atoms. The zero-order valence-corrected chi connectivity index (χ0v) is 23.2. The van der Waals surface area contributed by atoms with Gasteiger partial charge >= 0.3 is 0 Å². The van der Waals surface area contributed by atoms with Crippen LogP contribution in [0.5, 0.6) is 0 Å². The van der Waals surface area contributed by atoms with Gasteiger partial charge in [-0.15, -0.1) is 5.10 Å².